The first-order chi connectivity index (χ1) is 27.9. The molecule has 0 atom stereocenters. The Morgan fingerprint density at radius 1 is 0.316 bits per heavy atom. The molecule has 1 heterocycles. The Hall–Kier alpha value is -6.33. The van der Waals surface area contributed by atoms with Gasteiger partial charge in [-0.1, -0.05) is 161 Å². The lowest BCUT2D eigenvalue weighted by Gasteiger charge is -2.26. The number of aliphatic hydroxyl groups excluding tert-OH is 1. The number of hydrogen-bond donors (Lipinski definition) is 1. The van der Waals surface area contributed by atoms with Crippen LogP contribution in [0.4, 0.5) is 0 Å². The molecule has 0 fully saturated rings. The summed E-state index contributed by atoms with van der Waals surface area (Å²) in [6.07, 6.45) is -1.14. The van der Waals surface area contributed by atoms with Crippen molar-refractivity contribution in [2.75, 3.05) is 0 Å². The summed E-state index contributed by atoms with van der Waals surface area (Å²) in [6, 6.07) is 64.4. The van der Waals surface area contributed by atoms with Gasteiger partial charge in [-0.05, 0) is 127 Å². The van der Waals surface area contributed by atoms with E-state index >= 15 is 0 Å². The lowest BCUT2D eigenvalue weighted by molar-refractivity contribution is 0.212. The van der Waals surface area contributed by atoms with Crippen LogP contribution in [0.5, 0.6) is 0 Å². The lowest BCUT2D eigenvalue weighted by atomic mass is 9.90. The van der Waals surface area contributed by atoms with Gasteiger partial charge in [-0.15, -0.1) is 0 Å². The Bertz CT molecular complexity index is 2430. The zero-order valence-corrected chi connectivity index (χ0v) is 33.5. The Balaban J connectivity index is 0.00000120. The van der Waals surface area contributed by atoms with Crippen molar-refractivity contribution in [1.29, 1.82) is 0 Å². The van der Waals surface area contributed by atoms with Gasteiger partial charge in [-0.2, -0.15) is 0 Å². The number of hydrogen-bond acceptors (Lipinski definition) is 3. The smallest absolute Gasteiger partial charge is 0.207 e. The quantitative estimate of drug-likeness (QED) is 0.184. The van der Waals surface area contributed by atoms with Gasteiger partial charge in [-0.3, -0.25) is 0 Å². The highest BCUT2D eigenvalue weighted by Gasteiger charge is 2.35. The summed E-state index contributed by atoms with van der Waals surface area (Å²) in [5, 5.41) is 12.1. The second-order valence-electron chi connectivity index (χ2n) is 13.5. The zero-order valence-electron chi connectivity index (χ0n) is 32.7. The van der Waals surface area contributed by atoms with Crippen LogP contribution >= 0.6 is 0 Å². The average Bonchev–Trinajstić information content (AvgIpc) is 3.30. The highest BCUT2D eigenvalue weighted by Crippen LogP contribution is 2.45. The van der Waals surface area contributed by atoms with Crippen molar-refractivity contribution in [3.63, 3.8) is 0 Å². The van der Waals surface area contributed by atoms with Gasteiger partial charge in [0.25, 0.3) is 0 Å². The van der Waals surface area contributed by atoms with E-state index in [9.17, 15) is 13.5 Å². The normalized spacial score (nSPS) is 12.5. The number of sulfone groups is 1. The van der Waals surface area contributed by atoms with Crippen LogP contribution in [0.15, 0.2) is 204 Å². The maximum atomic E-state index is 14.2. The lowest BCUT2D eigenvalue weighted by Crippen LogP contribution is -2.19. The van der Waals surface area contributed by atoms with Crippen molar-refractivity contribution in [3.05, 3.63) is 205 Å². The van der Waals surface area contributed by atoms with Crippen molar-refractivity contribution in [3.8, 4) is 66.8 Å². The third-order valence-electron chi connectivity index (χ3n) is 10.1. The molecule has 3 nitrogen and oxygen atoms in total. The molecule has 0 radical (unpaired) electrons. The molecule has 282 valence electrons. The highest BCUT2D eigenvalue weighted by molar-refractivity contribution is 7.91. The van der Waals surface area contributed by atoms with E-state index in [1.165, 1.54) is 0 Å². The molecule has 0 unspecified atom stereocenters. The van der Waals surface area contributed by atoms with Crippen LogP contribution in [0.2, 0.25) is 0 Å². The summed E-state index contributed by atoms with van der Waals surface area (Å²) < 4.78 is 28.4. The van der Waals surface area contributed by atoms with Gasteiger partial charge in [0, 0.05) is 11.1 Å². The van der Waals surface area contributed by atoms with Gasteiger partial charge >= 0.3 is 0 Å². The van der Waals surface area contributed by atoms with Gasteiger partial charge in [0.05, 0.1) is 9.79 Å². The molecule has 1 N–H and O–H groups in total. The summed E-state index contributed by atoms with van der Waals surface area (Å²) >= 11 is 0. The van der Waals surface area contributed by atoms with E-state index in [1.807, 2.05) is 125 Å². The van der Waals surface area contributed by atoms with Crippen molar-refractivity contribution < 1.29 is 13.5 Å². The molecule has 9 rings (SSSR count). The highest BCUT2D eigenvalue weighted by atomic mass is 32.2. The molecule has 4 heteroatoms. The molecule has 1 aliphatic rings. The third kappa shape index (κ3) is 7.88. The summed E-state index contributed by atoms with van der Waals surface area (Å²) in [6.45, 7) is 8.00. The first kappa shape index (κ1) is 38.9. The minimum atomic E-state index is -3.90. The Kier molecular flexibility index (Phi) is 11.8. The number of fused-ring (bicyclic) bond motifs is 2. The molecular formula is C53H46O3S. The van der Waals surface area contributed by atoms with E-state index in [4.69, 9.17) is 0 Å². The van der Waals surface area contributed by atoms with E-state index in [1.54, 1.807) is 12.1 Å². The molecule has 57 heavy (non-hydrogen) atoms. The average molecular weight is 763 g/mol. The molecule has 0 saturated carbocycles. The molecular weight excluding hydrogens is 717 g/mol. The fourth-order valence-electron chi connectivity index (χ4n) is 7.44. The topological polar surface area (TPSA) is 54.4 Å². The van der Waals surface area contributed by atoms with Crippen molar-refractivity contribution in [1.82, 2.24) is 0 Å². The first-order valence-corrected chi connectivity index (χ1v) is 21.1. The molecule has 8 aromatic rings. The van der Waals surface area contributed by atoms with E-state index in [0.29, 0.717) is 11.1 Å². The predicted octanol–water partition coefficient (Wildman–Crippen LogP) is 14.0. The Morgan fingerprint density at radius 2 is 0.561 bits per heavy atom. The zero-order chi connectivity index (χ0) is 39.9. The second-order valence-corrected chi connectivity index (χ2v) is 15.4. The van der Waals surface area contributed by atoms with E-state index in [2.05, 4.69) is 84.9 Å². The SMILES string of the molecule is CC.CC.O=S1(=O)c2ccc(-c3cc(-c4ccccc4)cc(-c4ccccc4)c3)cc2C(O)c2cc(-c3cc(-c4ccccc4)cc(-c4ccccc4)c3)ccc21. The molecule has 1 aliphatic heterocycles. The van der Waals surface area contributed by atoms with Crippen LogP contribution in [-0.2, 0) is 9.84 Å². The maximum absolute atomic E-state index is 14.2. The molecule has 0 spiro atoms. The fraction of sp³-hybridized carbons (Fsp3) is 0.0943. The predicted molar refractivity (Wildman–Crippen MR) is 238 cm³/mol. The molecule has 8 aromatic carbocycles. The molecule has 0 aromatic heterocycles. The molecule has 0 amide bonds. The number of rotatable bonds is 6. The standard InChI is InChI=1S/C49H34O3S.2C2H6/c50-49-45-31-37(43-27-39(33-13-5-1-6-14-33)25-40(28-43)34-15-7-2-8-16-34)21-23-47(45)53(51,52)48-24-22-38(32-46(48)49)44-29-41(35-17-9-3-10-18-35)26-42(30-44)36-19-11-4-12-20-36;2*1-2/h1-32,49-50H;2*1-2H3. The third-order valence-corrected chi connectivity index (χ3v) is 12.1. The van der Waals surface area contributed by atoms with E-state index in [0.717, 1.165) is 66.8 Å². The summed E-state index contributed by atoms with van der Waals surface area (Å²) in [4.78, 5) is 0.267. The maximum Gasteiger partial charge on any atom is 0.207 e. The largest absolute Gasteiger partial charge is 0.384 e. The Morgan fingerprint density at radius 3 is 0.825 bits per heavy atom. The summed E-state index contributed by atoms with van der Waals surface area (Å²) in [7, 11) is -3.90. The Labute approximate surface area is 337 Å². The molecule has 0 saturated heterocycles. The van der Waals surface area contributed by atoms with Gasteiger partial charge in [0.15, 0.2) is 0 Å². The van der Waals surface area contributed by atoms with Crippen LogP contribution in [0.3, 0.4) is 0 Å². The van der Waals surface area contributed by atoms with Crippen LogP contribution in [-0.4, -0.2) is 13.5 Å². The van der Waals surface area contributed by atoms with Gasteiger partial charge < -0.3 is 5.11 Å². The van der Waals surface area contributed by atoms with Crippen LogP contribution < -0.4 is 0 Å². The van der Waals surface area contributed by atoms with Crippen molar-refractivity contribution >= 4 is 9.84 Å². The van der Waals surface area contributed by atoms with Crippen molar-refractivity contribution in [2.45, 2.75) is 43.6 Å². The number of aliphatic hydroxyl groups is 1. The van der Waals surface area contributed by atoms with Gasteiger partial charge in [-0.25, -0.2) is 8.42 Å². The fourth-order valence-corrected chi connectivity index (χ4v) is 9.13. The molecule has 0 bridgehead atoms. The first-order valence-electron chi connectivity index (χ1n) is 19.7. The van der Waals surface area contributed by atoms with Gasteiger partial charge in [0.1, 0.15) is 6.10 Å². The van der Waals surface area contributed by atoms with E-state index < -0.39 is 15.9 Å². The molecule has 0 aliphatic carbocycles. The van der Waals surface area contributed by atoms with Gasteiger partial charge in [0.2, 0.25) is 9.84 Å². The van der Waals surface area contributed by atoms with Crippen LogP contribution in [0.25, 0.3) is 66.8 Å². The second kappa shape index (κ2) is 17.2. The van der Waals surface area contributed by atoms with Crippen LogP contribution in [0.1, 0.15) is 44.9 Å². The van der Waals surface area contributed by atoms with Crippen LogP contribution in [0, 0.1) is 0 Å². The minimum Gasteiger partial charge on any atom is -0.384 e. The summed E-state index contributed by atoms with van der Waals surface area (Å²) in [5.41, 5.74) is 12.8. The minimum absolute atomic E-state index is 0.133. The monoisotopic (exact) mass is 762 g/mol. The summed E-state index contributed by atoms with van der Waals surface area (Å²) in [5.74, 6) is 0. The van der Waals surface area contributed by atoms with E-state index in [-0.39, 0.29) is 9.79 Å². The van der Waals surface area contributed by atoms with Crippen molar-refractivity contribution in [2.24, 2.45) is 0 Å². The number of benzene rings is 8.